The van der Waals surface area contributed by atoms with Gasteiger partial charge in [0.1, 0.15) is 11.6 Å². The molecule has 1 saturated heterocycles. The van der Waals surface area contributed by atoms with E-state index < -0.39 is 5.82 Å². The number of nitrogens with zero attached hydrogens (tertiary/aromatic N) is 4. The number of aromatic nitrogens is 2. The molecule has 37 heavy (non-hydrogen) atoms. The highest BCUT2D eigenvalue weighted by molar-refractivity contribution is 6.03. The van der Waals surface area contributed by atoms with E-state index in [0.29, 0.717) is 30.0 Å². The summed E-state index contributed by atoms with van der Waals surface area (Å²) in [6, 6.07) is 7.18. The topological polar surface area (TPSA) is 61.1 Å². The van der Waals surface area contributed by atoms with Crippen molar-refractivity contribution in [3.05, 3.63) is 59.4 Å². The monoisotopic (exact) mass is 508 g/mol. The fourth-order valence-electron chi connectivity index (χ4n) is 5.74. The molecule has 1 aliphatic heterocycles. The van der Waals surface area contributed by atoms with E-state index in [1.165, 1.54) is 17.7 Å². The summed E-state index contributed by atoms with van der Waals surface area (Å²) in [5, 5.41) is 9.33. The molecule has 6 nitrogen and oxygen atoms in total. The van der Waals surface area contributed by atoms with E-state index in [-0.39, 0.29) is 18.6 Å². The van der Waals surface area contributed by atoms with E-state index in [9.17, 15) is 14.3 Å². The number of amides is 1. The molecule has 1 fully saturated rings. The molecule has 3 aromatic rings. The second kappa shape index (κ2) is 11.3. The molecule has 1 N–H and O–H groups in total. The highest BCUT2D eigenvalue weighted by Crippen LogP contribution is 2.37. The predicted molar refractivity (Wildman–Crippen MR) is 146 cm³/mol. The van der Waals surface area contributed by atoms with Crippen molar-refractivity contribution in [3.63, 3.8) is 0 Å². The van der Waals surface area contributed by atoms with Gasteiger partial charge in [0.15, 0.2) is 0 Å². The largest absolute Gasteiger partial charge is 0.396 e. The van der Waals surface area contributed by atoms with Crippen LogP contribution in [0.5, 0.6) is 0 Å². The van der Waals surface area contributed by atoms with Gasteiger partial charge in [0.25, 0.3) is 5.91 Å². The second-order valence-electron chi connectivity index (χ2n) is 11.0. The summed E-state index contributed by atoms with van der Waals surface area (Å²) >= 11 is 0. The normalized spacial score (nSPS) is 15.5. The number of carbonyl (C=O) groups is 1. The van der Waals surface area contributed by atoms with Gasteiger partial charge in [-0.1, -0.05) is 19.9 Å². The standard InChI is InChI=1S/C30H41FN4O2/c1-7-34(20(4)5)30(37)27-14-24(31)10-11-25(27)26-13-22(18-35-21(6)32-15-29(26)35)23-16-33(17-23)28(19(2)3)9-8-12-36/h10-11,13-15,18-20,23,28,36H,7-9,12,16-17H2,1-6H3/t28-/m1/s1. The van der Waals surface area contributed by atoms with Crippen molar-refractivity contribution >= 4 is 11.4 Å². The van der Waals surface area contributed by atoms with Gasteiger partial charge in [-0.15, -0.1) is 0 Å². The highest BCUT2D eigenvalue weighted by Gasteiger charge is 2.35. The van der Waals surface area contributed by atoms with E-state index >= 15 is 0 Å². The molecule has 0 unspecified atom stereocenters. The Morgan fingerprint density at radius 2 is 1.92 bits per heavy atom. The van der Waals surface area contributed by atoms with Crippen LogP contribution in [0.1, 0.15) is 75.1 Å². The van der Waals surface area contributed by atoms with Crippen LogP contribution >= 0.6 is 0 Å². The molecule has 0 bridgehead atoms. The number of hydrogen-bond donors (Lipinski definition) is 1. The molecule has 2 aromatic heterocycles. The smallest absolute Gasteiger partial charge is 0.254 e. The van der Waals surface area contributed by atoms with E-state index in [4.69, 9.17) is 0 Å². The van der Waals surface area contributed by atoms with E-state index in [1.54, 1.807) is 11.0 Å². The third-order valence-electron chi connectivity index (χ3n) is 7.85. The number of aliphatic hydroxyl groups excluding tert-OH is 1. The maximum atomic E-state index is 14.4. The number of pyridine rings is 1. The number of likely N-dealkylation sites (tertiary alicyclic amines) is 1. The Bertz CT molecular complexity index is 1250. The molecule has 0 radical (unpaired) electrons. The maximum Gasteiger partial charge on any atom is 0.254 e. The Balaban J connectivity index is 1.74. The number of imidazole rings is 1. The minimum atomic E-state index is -0.416. The number of rotatable bonds is 10. The molecule has 0 saturated carbocycles. The molecular weight excluding hydrogens is 467 g/mol. The lowest BCUT2D eigenvalue weighted by Gasteiger charge is -2.46. The SMILES string of the molecule is CCN(C(=O)c1cc(F)ccc1-c1cc(C2CN([C@H](CCCO)C(C)C)C2)cn2c(C)ncc12)C(C)C. The summed E-state index contributed by atoms with van der Waals surface area (Å²) < 4.78 is 16.5. The first kappa shape index (κ1) is 27.3. The van der Waals surface area contributed by atoms with Gasteiger partial charge in [-0.05, 0) is 75.8 Å². The van der Waals surface area contributed by atoms with Crippen molar-refractivity contribution in [2.75, 3.05) is 26.2 Å². The lowest BCUT2D eigenvalue weighted by atomic mass is 9.85. The van der Waals surface area contributed by atoms with Gasteiger partial charge in [0.2, 0.25) is 0 Å². The quantitative estimate of drug-likeness (QED) is 0.392. The van der Waals surface area contributed by atoms with Gasteiger partial charge in [-0.3, -0.25) is 9.69 Å². The van der Waals surface area contributed by atoms with Crippen LogP contribution in [0, 0.1) is 18.7 Å². The zero-order valence-corrected chi connectivity index (χ0v) is 23.0. The molecule has 4 rings (SSSR count). The summed E-state index contributed by atoms with van der Waals surface area (Å²) in [6.45, 7) is 15.1. The average Bonchev–Trinajstić information content (AvgIpc) is 3.20. The van der Waals surface area contributed by atoms with E-state index in [0.717, 1.165) is 48.4 Å². The zero-order valence-electron chi connectivity index (χ0n) is 23.0. The molecule has 1 aromatic carbocycles. The number of benzene rings is 1. The first-order valence-electron chi connectivity index (χ1n) is 13.6. The first-order valence-corrected chi connectivity index (χ1v) is 13.6. The lowest BCUT2D eigenvalue weighted by molar-refractivity contribution is 0.0557. The third kappa shape index (κ3) is 5.43. The molecule has 1 amide bonds. The number of aliphatic hydroxyl groups is 1. The highest BCUT2D eigenvalue weighted by atomic mass is 19.1. The van der Waals surface area contributed by atoms with Gasteiger partial charge in [0, 0.05) is 56.0 Å². The molecule has 1 atom stereocenters. The van der Waals surface area contributed by atoms with Gasteiger partial charge in [-0.2, -0.15) is 0 Å². The van der Waals surface area contributed by atoms with Crippen LogP contribution in [0.3, 0.4) is 0 Å². The van der Waals surface area contributed by atoms with Crippen LogP contribution < -0.4 is 0 Å². The van der Waals surface area contributed by atoms with Gasteiger partial charge < -0.3 is 14.4 Å². The molecule has 200 valence electrons. The number of halogens is 1. The predicted octanol–water partition coefficient (Wildman–Crippen LogP) is 5.52. The van der Waals surface area contributed by atoms with Crippen molar-refractivity contribution in [1.29, 1.82) is 0 Å². The summed E-state index contributed by atoms with van der Waals surface area (Å²) in [5.74, 6) is 1.19. The average molecular weight is 509 g/mol. The van der Waals surface area contributed by atoms with Crippen LogP contribution in [-0.2, 0) is 0 Å². The van der Waals surface area contributed by atoms with Crippen LogP contribution in [0.25, 0.3) is 16.6 Å². The number of carbonyl (C=O) groups excluding carboxylic acids is 1. The Morgan fingerprint density at radius 3 is 2.54 bits per heavy atom. The Morgan fingerprint density at radius 1 is 1.19 bits per heavy atom. The zero-order chi connectivity index (χ0) is 26.9. The summed E-state index contributed by atoms with van der Waals surface area (Å²) in [7, 11) is 0. The fraction of sp³-hybridized carbons (Fsp3) is 0.533. The van der Waals surface area contributed by atoms with Crippen molar-refractivity contribution in [2.24, 2.45) is 5.92 Å². The molecular formula is C30H41FN4O2. The summed E-state index contributed by atoms with van der Waals surface area (Å²) in [5.41, 5.74) is 4.13. The van der Waals surface area contributed by atoms with Crippen molar-refractivity contribution in [1.82, 2.24) is 19.2 Å². The van der Waals surface area contributed by atoms with E-state index in [1.807, 2.05) is 33.9 Å². The molecule has 1 aliphatic rings. The van der Waals surface area contributed by atoms with Gasteiger partial charge >= 0.3 is 0 Å². The van der Waals surface area contributed by atoms with Gasteiger partial charge in [-0.25, -0.2) is 9.37 Å². The minimum Gasteiger partial charge on any atom is -0.396 e. The number of hydrogen-bond acceptors (Lipinski definition) is 4. The number of aryl methyl sites for hydroxylation is 1. The maximum absolute atomic E-state index is 14.4. The van der Waals surface area contributed by atoms with Crippen LogP contribution in [0.4, 0.5) is 4.39 Å². The van der Waals surface area contributed by atoms with Crippen molar-refractivity contribution < 1.29 is 14.3 Å². The summed E-state index contributed by atoms with van der Waals surface area (Å²) in [4.78, 5) is 22.4. The fourth-order valence-corrected chi connectivity index (χ4v) is 5.74. The number of fused-ring (bicyclic) bond motifs is 1. The molecule has 0 aliphatic carbocycles. The van der Waals surface area contributed by atoms with Crippen molar-refractivity contribution in [2.45, 2.75) is 72.4 Å². The Kier molecular flexibility index (Phi) is 8.34. The van der Waals surface area contributed by atoms with Crippen LogP contribution in [-0.4, -0.2) is 68.5 Å². The molecule has 7 heteroatoms. The van der Waals surface area contributed by atoms with Crippen LogP contribution in [0.15, 0.2) is 36.7 Å². The second-order valence-corrected chi connectivity index (χ2v) is 11.0. The minimum absolute atomic E-state index is 0.0119. The molecule has 3 heterocycles. The van der Waals surface area contributed by atoms with Gasteiger partial charge in [0.05, 0.1) is 17.3 Å². The first-order chi connectivity index (χ1) is 17.7. The van der Waals surface area contributed by atoms with Crippen molar-refractivity contribution in [3.8, 4) is 11.1 Å². The Hall–Kier alpha value is -2.77. The Labute approximate surface area is 220 Å². The van der Waals surface area contributed by atoms with E-state index in [2.05, 4.69) is 40.4 Å². The third-order valence-corrected chi connectivity index (χ3v) is 7.85. The summed E-state index contributed by atoms with van der Waals surface area (Å²) in [6.07, 6.45) is 5.82. The lowest BCUT2D eigenvalue weighted by Crippen LogP contribution is -2.52. The van der Waals surface area contributed by atoms with Crippen LogP contribution in [0.2, 0.25) is 0 Å². The molecule has 0 spiro atoms.